The van der Waals surface area contributed by atoms with Crippen LogP contribution in [-0.4, -0.2) is 26.9 Å². The number of nitrogens with zero attached hydrogens (tertiary/aromatic N) is 2. The molecular weight excluding hydrogens is 382 g/mol. The van der Waals surface area contributed by atoms with E-state index in [-0.39, 0.29) is 17.7 Å². The summed E-state index contributed by atoms with van der Waals surface area (Å²) in [5.74, 6) is -0.392. The van der Waals surface area contributed by atoms with Crippen LogP contribution in [0.15, 0.2) is 58.1 Å². The maximum Gasteiger partial charge on any atom is 0.336 e. The van der Waals surface area contributed by atoms with Crippen molar-refractivity contribution in [2.45, 2.75) is 45.2 Å². The van der Waals surface area contributed by atoms with Gasteiger partial charge < -0.3 is 5.32 Å². The van der Waals surface area contributed by atoms with Crippen LogP contribution < -0.4 is 16.6 Å². The molecule has 7 nitrogen and oxygen atoms in total. The van der Waals surface area contributed by atoms with Crippen molar-refractivity contribution in [1.29, 1.82) is 0 Å². The molecule has 1 aliphatic rings. The van der Waals surface area contributed by atoms with Crippen LogP contribution in [0.2, 0.25) is 0 Å². The molecule has 1 N–H and O–H groups in total. The van der Waals surface area contributed by atoms with Crippen molar-refractivity contribution < 1.29 is 9.59 Å². The Morgan fingerprint density at radius 1 is 1.10 bits per heavy atom. The smallest absolute Gasteiger partial charge is 0.336 e. The molecule has 1 unspecified atom stereocenters. The third-order valence-electron chi connectivity index (χ3n) is 5.43. The molecule has 0 bridgehead atoms. The van der Waals surface area contributed by atoms with Crippen LogP contribution in [-0.2, 0) is 4.79 Å². The molecule has 30 heavy (non-hydrogen) atoms. The lowest BCUT2D eigenvalue weighted by Gasteiger charge is -2.21. The van der Waals surface area contributed by atoms with E-state index >= 15 is 0 Å². The standard InChI is InChI=1S/C23H23N3O4/c1-3-19(21(28)24-16-11-12-16)26-20-10-5-4-9-18(20)22(29)25(23(26)30)17-8-6-7-15(13-17)14(2)27/h4-10,13,16,19H,3,11-12H2,1-2H3,(H,24,28). The molecule has 1 saturated carbocycles. The Balaban J connectivity index is 2.00. The van der Waals surface area contributed by atoms with Gasteiger partial charge in [0.05, 0.1) is 16.6 Å². The van der Waals surface area contributed by atoms with Gasteiger partial charge in [-0.25, -0.2) is 9.36 Å². The number of fused-ring (bicyclic) bond motifs is 1. The highest BCUT2D eigenvalue weighted by atomic mass is 16.2. The predicted octanol–water partition coefficient (Wildman–Crippen LogP) is 2.58. The minimum atomic E-state index is -0.745. The second kappa shape index (κ2) is 7.74. The van der Waals surface area contributed by atoms with Gasteiger partial charge in [0, 0.05) is 11.6 Å². The van der Waals surface area contributed by atoms with E-state index in [1.807, 2.05) is 6.92 Å². The number of para-hydroxylation sites is 1. The number of hydrogen-bond donors (Lipinski definition) is 1. The van der Waals surface area contributed by atoms with Gasteiger partial charge in [0.25, 0.3) is 5.56 Å². The topological polar surface area (TPSA) is 90.2 Å². The first-order valence-electron chi connectivity index (χ1n) is 10.1. The monoisotopic (exact) mass is 405 g/mol. The highest BCUT2D eigenvalue weighted by Crippen LogP contribution is 2.22. The number of benzene rings is 2. The number of rotatable bonds is 6. The van der Waals surface area contributed by atoms with Crippen molar-refractivity contribution in [3.05, 3.63) is 74.9 Å². The third-order valence-corrected chi connectivity index (χ3v) is 5.43. The summed E-state index contributed by atoms with van der Waals surface area (Å²) < 4.78 is 2.44. The summed E-state index contributed by atoms with van der Waals surface area (Å²) in [6, 6.07) is 12.6. The molecule has 1 atom stereocenters. The van der Waals surface area contributed by atoms with Gasteiger partial charge in [0.15, 0.2) is 5.78 Å². The number of carbonyl (C=O) groups is 2. The molecule has 1 heterocycles. The maximum atomic E-state index is 13.6. The number of hydrogen-bond acceptors (Lipinski definition) is 4. The van der Waals surface area contributed by atoms with Gasteiger partial charge in [0.1, 0.15) is 6.04 Å². The Hall–Kier alpha value is -3.48. The van der Waals surface area contributed by atoms with Crippen LogP contribution in [0.3, 0.4) is 0 Å². The SMILES string of the molecule is CCC(C(=O)NC1CC1)n1c(=O)n(-c2cccc(C(C)=O)c2)c(=O)c2ccccc21. The lowest BCUT2D eigenvalue weighted by molar-refractivity contribution is -0.124. The molecule has 2 aromatic carbocycles. The molecule has 0 saturated heterocycles. The zero-order valence-electron chi connectivity index (χ0n) is 16.9. The van der Waals surface area contributed by atoms with Crippen molar-refractivity contribution >= 4 is 22.6 Å². The number of ketones is 1. The van der Waals surface area contributed by atoms with Crippen LogP contribution in [0.5, 0.6) is 0 Å². The fourth-order valence-corrected chi connectivity index (χ4v) is 3.69. The van der Waals surface area contributed by atoms with Crippen LogP contribution in [0, 0.1) is 0 Å². The van der Waals surface area contributed by atoms with Gasteiger partial charge in [0.2, 0.25) is 5.91 Å². The molecule has 1 fully saturated rings. The van der Waals surface area contributed by atoms with Crippen LogP contribution >= 0.6 is 0 Å². The first-order chi connectivity index (χ1) is 14.4. The number of carbonyl (C=O) groups excluding carboxylic acids is 2. The maximum absolute atomic E-state index is 13.6. The summed E-state index contributed by atoms with van der Waals surface area (Å²) >= 11 is 0. The molecule has 7 heteroatoms. The molecule has 1 aliphatic carbocycles. The highest BCUT2D eigenvalue weighted by molar-refractivity contribution is 5.94. The largest absolute Gasteiger partial charge is 0.352 e. The molecule has 0 radical (unpaired) electrons. The summed E-state index contributed by atoms with van der Waals surface area (Å²) in [7, 11) is 0. The summed E-state index contributed by atoms with van der Waals surface area (Å²) in [4.78, 5) is 51.5. The summed E-state index contributed by atoms with van der Waals surface area (Å²) in [5.41, 5.74) is 0.0400. The van der Waals surface area contributed by atoms with E-state index in [4.69, 9.17) is 0 Å². The third kappa shape index (κ3) is 3.47. The van der Waals surface area contributed by atoms with Gasteiger partial charge in [-0.1, -0.05) is 31.2 Å². The van der Waals surface area contributed by atoms with E-state index < -0.39 is 17.3 Å². The quantitative estimate of drug-likeness (QED) is 0.638. The molecule has 0 spiro atoms. The lowest BCUT2D eigenvalue weighted by Crippen LogP contribution is -2.44. The van der Waals surface area contributed by atoms with E-state index in [0.717, 1.165) is 17.4 Å². The van der Waals surface area contributed by atoms with Crippen molar-refractivity contribution in [1.82, 2.24) is 14.5 Å². The summed E-state index contributed by atoms with van der Waals surface area (Å²) in [6.45, 7) is 3.26. The fourth-order valence-electron chi connectivity index (χ4n) is 3.69. The van der Waals surface area contributed by atoms with Gasteiger partial charge in [-0.05, 0) is 50.5 Å². The van der Waals surface area contributed by atoms with E-state index in [2.05, 4.69) is 5.32 Å². The molecule has 1 aromatic heterocycles. The molecule has 4 rings (SSSR count). The Kier molecular flexibility index (Phi) is 5.11. The van der Waals surface area contributed by atoms with Crippen LogP contribution in [0.1, 0.15) is 49.5 Å². The van der Waals surface area contributed by atoms with Crippen molar-refractivity contribution in [3.63, 3.8) is 0 Å². The number of amides is 1. The Labute approximate surface area is 173 Å². The van der Waals surface area contributed by atoms with Crippen LogP contribution in [0.4, 0.5) is 0 Å². The molecule has 1 amide bonds. The van der Waals surface area contributed by atoms with Gasteiger partial charge in [-0.2, -0.15) is 0 Å². The molecule has 0 aliphatic heterocycles. The van der Waals surface area contributed by atoms with Gasteiger partial charge in [-0.3, -0.25) is 19.0 Å². The zero-order chi connectivity index (χ0) is 21.4. The molecule has 3 aromatic rings. The minimum Gasteiger partial charge on any atom is -0.352 e. The van der Waals surface area contributed by atoms with Crippen molar-refractivity contribution in [3.8, 4) is 5.69 Å². The number of aromatic nitrogens is 2. The van der Waals surface area contributed by atoms with E-state index in [1.54, 1.807) is 42.5 Å². The van der Waals surface area contributed by atoms with Crippen molar-refractivity contribution in [2.75, 3.05) is 0 Å². The first kappa shape index (κ1) is 19.8. The Morgan fingerprint density at radius 3 is 2.50 bits per heavy atom. The van der Waals surface area contributed by atoms with Crippen molar-refractivity contribution in [2.24, 2.45) is 0 Å². The fraction of sp³-hybridized carbons (Fsp3) is 0.304. The van der Waals surface area contributed by atoms with E-state index in [0.29, 0.717) is 28.6 Å². The Bertz CT molecular complexity index is 1270. The average Bonchev–Trinajstić information content (AvgIpc) is 3.55. The average molecular weight is 405 g/mol. The van der Waals surface area contributed by atoms with E-state index in [9.17, 15) is 19.2 Å². The second-order valence-electron chi connectivity index (χ2n) is 7.62. The Morgan fingerprint density at radius 2 is 1.83 bits per heavy atom. The number of Topliss-reactive ketones (excluding diaryl/α,β-unsaturated/α-hetero) is 1. The normalized spacial score (nSPS) is 14.5. The molecular formula is C23H23N3O4. The lowest BCUT2D eigenvalue weighted by atomic mass is 10.1. The highest BCUT2D eigenvalue weighted by Gasteiger charge is 2.30. The van der Waals surface area contributed by atoms with Gasteiger partial charge >= 0.3 is 5.69 Å². The zero-order valence-corrected chi connectivity index (χ0v) is 16.9. The van der Waals surface area contributed by atoms with Gasteiger partial charge in [-0.15, -0.1) is 0 Å². The summed E-state index contributed by atoms with van der Waals surface area (Å²) in [5, 5.41) is 3.30. The second-order valence-corrected chi connectivity index (χ2v) is 7.62. The first-order valence-corrected chi connectivity index (χ1v) is 10.1. The molecule has 154 valence electrons. The van der Waals surface area contributed by atoms with E-state index in [1.165, 1.54) is 17.6 Å². The minimum absolute atomic E-state index is 0.159. The van der Waals surface area contributed by atoms with Crippen LogP contribution in [0.25, 0.3) is 16.6 Å². The summed E-state index contributed by atoms with van der Waals surface area (Å²) in [6.07, 6.45) is 2.28. The number of nitrogens with one attached hydrogen (secondary N) is 1. The predicted molar refractivity (Wildman–Crippen MR) is 114 cm³/mol.